The van der Waals surface area contributed by atoms with Gasteiger partial charge in [0, 0.05) is 12.2 Å². The Morgan fingerprint density at radius 1 is 1.08 bits per heavy atom. The first-order chi connectivity index (χ1) is 17.7. The summed E-state index contributed by atoms with van der Waals surface area (Å²) in [5, 5.41) is 3.72. The van der Waals surface area contributed by atoms with E-state index in [1.54, 1.807) is 38.2 Å². The zero-order valence-corrected chi connectivity index (χ0v) is 21.8. The normalized spacial score (nSPS) is 20.9. The fourth-order valence-electron chi connectivity index (χ4n) is 5.57. The Kier molecular flexibility index (Phi) is 6.58. The number of hydrogen-bond acceptors (Lipinski definition) is 5. The Bertz CT molecular complexity index is 1330. The number of anilines is 1. The van der Waals surface area contributed by atoms with E-state index in [1.807, 2.05) is 42.5 Å². The second-order valence-corrected chi connectivity index (χ2v) is 10.7. The summed E-state index contributed by atoms with van der Waals surface area (Å²) in [6, 6.07) is 19.0. The first-order valence-corrected chi connectivity index (χ1v) is 13.0. The van der Waals surface area contributed by atoms with Crippen molar-refractivity contribution in [2.45, 2.75) is 63.3 Å². The third kappa shape index (κ3) is 4.76. The first kappa shape index (κ1) is 25.1. The number of rotatable bonds is 7. The van der Waals surface area contributed by atoms with E-state index in [1.165, 1.54) is 0 Å². The maximum Gasteiger partial charge on any atom is 0.265 e. The van der Waals surface area contributed by atoms with E-state index in [0.29, 0.717) is 22.2 Å². The second-order valence-electron chi connectivity index (χ2n) is 10.3. The molecular weight excluding hydrogens is 488 g/mol. The van der Waals surface area contributed by atoms with Gasteiger partial charge in [-0.1, -0.05) is 48.0 Å². The molecule has 37 heavy (non-hydrogen) atoms. The molecule has 2 amide bonds. The first-order valence-electron chi connectivity index (χ1n) is 12.6. The van der Waals surface area contributed by atoms with Crippen LogP contribution in [0.25, 0.3) is 11.1 Å². The van der Waals surface area contributed by atoms with Gasteiger partial charge >= 0.3 is 0 Å². The van der Waals surface area contributed by atoms with Crippen LogP contribution in [0.15, 0.2) is 66.9 Å². The summed E-state index contributed by atoms with van der Waals surface area (Å²) in [5.74, 6) is 0.157. The summed E-state index contributed by atoms with van der Waals surface area (Å²) in [6.45, 7) is 3.47. The maximum atomic E-state index is 13.8. The summed E-state index contributed by atoms with van der Waals surface area (Å²) < 4.78 is 6.25. The predicted molar refractivity (Wildman–Crippen MR) is 145 cm³/mol. The van der Waals surface area contributed by atoms with Gasteiger partial charge in [-0.15, -0.1) is 0 Å². The molecule has 0 spiro atoms. The van der Waals surface area contributed by atoms with Crippen molar-refractivity contribution in [3.63, 3.8) is 0 Å². The molecule has 2 unspecified atom stereocenters. The molecule has 2 bridgehead atoms. The number of aromatic nitrogens is 1. The second kappa shape index (κ2) is 9.71. The highest BCUT2D eigenvalue weighted by Gasteiger charge is 2.52. The van der Waals surface area contributed by atoms with Gasteiger partial charge in [0.05, 0.1) is 10.6 Å². The fourth-order valence-corrected chi connectivity index (χ4v) is 5.73. The molecule has 3 N–H and O–H groups in total. The van der Waals surface area contributed by atoms with E-state index in [-0.39, 0.29) is 11.9 Å². The summed E-state index contributed by atoms with van der Waals surface area (Å²) in [5.41, 5.74) is 6.12. The van der Waals surface area contributed by atoms with Gasteiger partial charge in [-0.3, -0.25) is 9.59 Å². The van der Waals surface area contributed by atoms with Gasteiger partial charge in [0.15, 0.2) is 5.60 Å². The highest BCUT2D eigenvalue weighted by Crippen LogP contribution is 2.46. The van der Waals surface area contributed by atoms with Crippen LogP contribution in [0.5, 0.6) is 5.75 Å². The maximum absolute atomic E-state index is 13.8. The average molecular weight is 519 g/mol. The van der Waals surface area contributed by atoms with Crippen molar-refractivity contribution in [1.82, 2.24) is 10.3 Å². The van der Waals surface area contributed by atoms with Gasteiger partial charge in [-0.05, 0) is 81.3 Å². The number of nitrogens with two attached hydrogens (primary N) is 1. The number of carbonyl (C=O) groups is 2. The van der Waals surface area contributed by atoms with E-state index < -0.39 is 17.2 Å². The van der Waals surface area contributed by atoms with Crippen molar-refractivity contribution in [2.75, 3.05) is 4.90 Å². The van der Waals surface area contributed by atoms with Crippen LogP contribution in [0, 0.1) is 0 Å². The molecule has 3 aromatic rings. The van der Waals surface area contributed by atoms with Crippen LogP contribution in [0.4, 0.5) is 5.82 Å². The van der Waals surface area contributed by atoms with Gasteiger partial charge in [-0.2, -0.15) is 0 Å². The van der Waals surface area contributed by atoms with Crippen LogP contribution >= 0.6 is 11.6 Å². The van der Waals surface area contributed by atoms with Crippen molar-refractivity contribution < 1.29 is 14.3 Å². The lowest BCUT2D eigenvalue weighted by Gasteiger charge is -2.47. The molecule has 0 radical (unpaired) electrons. The number of amides is 2. The van der Waals surface area contributed by atoms with Crippen LogP contribution in [0.2, 0.25) is 5.02 Å². The highest BCUT2D eigenvalue weighted by molar-refractivity contribution is 6.32. The number of hydrogen-bond donors (Lipinski definition) is 2. The SMILES string of the molecule is CC(C)(Oc1cc(-c2ccccc2)ccc1Cl)C(=O)NC12CCCC(CC1)N2c1ncccc1C(N)=O. The predicted octanol–water partition coefficient (Wildman–Crippen LogP) is 5.32. The number of nitrogens with one attached hydrogen (secondary N) is 1. The molecule has 3 heterocycles. The number of pyridine rings is 1. The third-order valence-electron chi connectivity index (χ3n) is 7.42. The Balaban J connectivity index is 1.42. The van der Waals surface area contributed by atoms with Crippen molar-refractivity contribution in [2.24, 2.45) is 5.73 Å². The highest BCUT2D eigenvalue weighted by atomic mass is 35.5. The number of benzene rings is 2. The minimum atomic E-state index is -1.22. The Hall–Kier alpha value is -3.58. The molecule has 0 aliphatic carbocycles. The van der Waals surface area contributed by atoms with Gasteiger partial charge < -0.3 is 20.7 Å². The lowest BCUT2D eigenvalue weighted by molar-refractivity contribution is -0.136. The topological polar surface area (TPSA) is 97.6 Å². The van der Waals surface area contributed by atoms with E-state index in [0.717, 1.165) is 43.2 Å². The van der Waals surface area contributed by atoms with Crippen LogP contribution in [-0.4, -0.2) is 34.1 Å². The quantitative estimate of drug-likeness (QED) is 0.441. The van der Waals surface area contributed by atoms with E-state index in [4.69, 9.17) is 22.1 Å². The standard InChI is InChI=1S/C29H31ClN4O3/c1-28(2,37-24-18-20(12-13-23(24)30)19-8-4-3-5-9-19)27(36)33-29-15-6-10-21(14-16-29)34(29)26-22(25(31)35)11-7-17-32-26/h3-5,7-9,11-13,17-18,21H,6,10,14-16H2,1-2H3,(H2,31,35)(H,33,36). The average Bonchev–Trinajstić information content (AvgIpc) is 3.09. The summed E-state index contributed by atoms with van der Waals surface area (Å²) >= 11 is 6.48. The molecule has 2 saturated heterocycles. The van der Waals surface area contributed by atoms with Gasteiger partial charge in [0.25, 0.3) is 11.8 Å². The third-order valence-corrected chi connectivity index (χ3v) is 7.73. The number of primary amides is 1. The molecule has 0 saturated carbocycles. The van der Waals surface area contributed by atoms with E-state index in [2.05, 4.69) is 15.2 Å². The molecule has 192 valence electrons. The van der Waals surface area contributed by atoms with E-state index in [9.17, 15) is 9.59 Å². The van der Waals surface area contributed by atoms with Crippen molar-refractivity contribution in [3.05, 3.63) is 77.4 Å². The number of halogens is 1. The van der Waals surface area contributed by atoms with E-state index >= 15 is 0 Å². The number of fused-ring (bicyclic) bond motifs is 2. The van der Waals surface area contributed by atoms with Gasteiger partial charge in [0.1, 0.15) is 17.2 Å². The summed E-state index contributed by atoms with van der Waals surface area (Å²) in [4.78, 5) is 32.6. The largest absolute Gasteiger partial charge is 0.476 e. The zero-order valence-electron chi connectivity index (χ0n) is 21.0. The Labute approximate surface area is 222 Å². The minimum Gasteiger partial charge on any atom is -0.476 e. The van der Waals surface area contributed by atoms with Crippen molar-refractivity contribution >= 4 is 29.2 Å². The zero-order chi connectivity index (χ0) is 26.2. The number of carbonyl (C=O) groups excluding carboxylic acids is 2. The molecule has 1 aromatic heterocycles. The molecule has 2 aliphatic rings. The molecule has 8 heteroatoms. The smallest absolute Gasteiger partial charge is 0.265 e. The van der Waals surface area contributed by atoms with Crippen LogP contribution in [0.3, 0.4) is 0 Å². The number of ether oxygens (including phenoxy) is 1. The summed E-state index contributed by atoms with van der Waals surface area (Å²) in [7, 11) is 0. The minimum absolute atomic E-state index is 0.170. The van der Waals surface area contributed by atoms with Gasteiger partial charge in [-0.25, -0.2) is 4.98 Å². The molecule has 2 fully saturated rings. The molecule has 7 nitrogen and oxygen atoms in total. The van der Waals surface area contributed by atoms with Crippen molar-refractivity contribution in [1.29, 1.82) is 0 Å². The number of nitrogens with zero attached hydrogens (tertiary/aromatic N) is 2. The molecule has 2 aromatic carbocycles. The van der Waals surface area contributed by atoms with Crippen LogP contribution < -0.4 is 20.7 Å². The van der Waals surface area contributed by atoms with Gasteiger partial charge in [0.2, 0.25) is 0 Å². The fraction of sp³-hybridized carbons (Fsp3) is 0.345. The Morgan fingerprint density at radius 2 is 1.86 bits per heavy atom. The van der Waals surface area contributed by atoms with Crippen LogP contribution in [0.1, 0.15) is 56.3 Å². The molecule has 5 rings (SSSR count). The lowest BCUT2D eigenvalue weighted by Crippen LogP contribution is -2.65. The molecular formula is C29H31ClN4O3. The van der Waals surface area contributed by atoms with Crippen molar-refractivity contribution in [3.8, 4) is 16.9 Å². The Morgan fingerprint density at radius 3 is 2.62 bits per heavy atom. The van der Waals surface area contributed by atoms with Crippen LogP contribution in [-0.2, 0) is 4.79 Å². The monoisotopic (exact) mass is 518 g/mol. The lowest BCUT2D eigenvalue weighted by atomic mass is 9.94. The summed E-state index contributed by atoms with van der Waals surface area (Å²) in [6.07, 6.45) is 5.96. The molecule has 2 atom stereocenters. The number of piperidine rings is 1. The molecule has 2 aliphatic heterocycles.